The van der Waals surface area contributed by atoms with Crippen molar-refractivity contribution in [3.8, 4) is 34.0 Å². The third kappa shape index (κ3) is 8.69. The molecule has 0 spiro atoms. The maximum absolute atomic E-state index is 12.3. The van der Waals surface area contributed by atoms with Gasteiger partial charge in [-0.15, -0.1) is 0 Å². The van der Waals surface area contributed by atoms with Gasteiger partial charge in [0, 0.05) is 33.8 Å². The van der Waals surface area contributed by atoms with Crippen LogP contribution in [-0.2, 0) is 17.8 Å². The predicted octanol–water partition coefficient (Wildman–Crippen LogP) is 8.38. The Morgan fingerprint density at radius 3 is 2.04 bits per heavy atom. The molecule has 0 saturated carbocycles. The highest BCUT2D eigenvalue weighted by atomic mass is 35.5. The molecule has 238 valence electrons. The van der Waals surface area contributed by atoms with E-state index in [9.17, 15) is 9.90 Å². The molecule has 0 bridgehead atoms. The number of benzene rings is 4. The van der Waals surface area contributed by atoms with E-state index in [1.165, 1.54) is 0 Å². The molecular weight excluding hydrogens is 596 g/mol. The highest BCUT2D eigenvalue weighted by Gasteiger charge is 2.41. The number of piperidine rings is 1. The molecule has 7 nitrogen and oxygen atoms in total. The molecule has 2 heterocycles. The van der Waals surface area contributed by atoms with Crippen LogP contribution in [0.5, 0.6) is 0 Å². The second-order valence-corrected chi connectivity index (χ2v) is 13.5. The SMILES string of the molecule is CC(C)(C)N.O=C(O)C1(Cc2ccccc2)CCN(Cc2ccc(-c3noc(-c4ccc(-c5ccccc5)c(Cl)c4)n3)cc2)CC1. The van der Waals surface area contributed by atoms with E-state index in [0.29, 0.717) is 36.0 Å². The average Bonchev–Trinajstić information content (AvgIpc) is 3.53. The van der Waals surface area contributed by atoms with Crippen molar-refractivity contribution in [1.82, 2.24) is 15.0 Å². The van der Waals surface area contributed by atoms with E-state index in [1.807, 2.05) is 112 Å². The molecule has 46 heavy (non-hydrogen) atoms. The lowest BCUT2D eigenvalue weighted by Gasteiger charge is -2.39. The van der Waals surface area contributed by atoms with Crippen LogP contribution in [0.15, 0.2) is 108 Å². The molecule has 0 aliphatic carbocycles. The molecule has 0 radical (unpaired) electrons. The smallest absolute Gasteiger partial charge is 0.310 e. The van der Waals surface area contributed by atoms with Crippen molar-refractivity contribution in [3.63, 3.8) is 0 Å². The van der Waals surface area contributed by atoms with Crippen molar-refractivity contribution in [2.45, 2.75) is 52.1 Å². The van der Waals surface area contributed by atoms with Crippen LogP contribution in [0.2, 0.25) is 5.02 Å². The molecule has 0 unspecified atom stereocenters. The van der Waals surface area contributed by atoms with Gasteiger partial charge in [0.1, 0.15) is 0 Å². The fourth-order valence-electron chi connectivity index (χ4n) is 5.57. The molecule has 6 rings (SSSR count). The van der Waals surface area contributed by atoms with Crippen LogP contribution in [0.4, 0.5) is 0 Å². The summed E-state index contributed by atoms with van der Waals surface area (Å²) in [4.78, 5) is 19.2. The van der Waals surface area contributed by atoms with E-state index in [1.54, 1.807) is 0 Å². The Kier molecular flexibility index (Phi) is 10.4. The highest BCUT2D eigenvalue weighted by molar-refractivity contribution is 6.33. The van der Waals surface area contributed by atoms with Crippen LogP contribution in [0, 0.1) is 5.41 Å². The summed E-state index contributed by atoms with van der Waals surface area (Å²) in [6.45, 7) is 8.17. The normalized spacial score (nSPS) is 14.7. The maximum atomic E-state index is 12.3. The molecule has 1 aliphatic heterocycles. The minimum absolute atomic E-state index is 0. The van der Waals surface area contributed by atoms with Gasteiger partial charge in [0.2, 0.25) is 5.82 Å². The summed E-state index contributed by atoms with van der Waals surface area (Å²) in [6, 6.07) is 33.8. The van der Waals surface area contributed by atoms with E-state index < -0.39 is 11.4 Å². The third-order valence-corrected chi connectivity index (χ3v) is 8.31. The molecule has 3 N–H and O–H groups in total. The van der Waals surface area contributed by atoms with Crippen molar-refractivity contribution < 1.29 is 14.4 Å². The molecule has 1 fully saturated rings. The van der Waals surface area contributed by atoms with Crippen molar-refractivity contribution in [2.24, 2.45) is 11.1 Å². The third-order valence-electron chi connectivity index (χ3n) is 8.00. The van der Waals surface area contributed by atoms with E-state index >= 15 is 0 Å². The molecule has 0 atom stereocenters. The van der Waals surface area contributed by atoms with Crippen LogP contribution >= 0.6 is 11.6 Å². The van der Waals surface area contributed by atoms with Gasteiger partial charge in [0.05, 0.1) is 5.41 Å². The number of likely N-dealkylation sites (tertiary alicyclic amines) is 1. The zero-order chi connectivity index (χ0) is 32.7. The lowest BCUT2D eigenvalue weighted by atomic mass is 9.74. The lowest BCUT2D eigenvalue weighted by molar-refractivity contribution is -0.152. The summed E-state index contributed by atoms with van der Waals surface area (Å²) in [5, 5.41) is 14.9. The molecule has 1 aliphatic rings. The van der Waals surface area contributed by atoms with Crippen molar-refractivity contribution >= 4 is 17.6 Å². The van der Waals surface area contributed by atoms with Crippen LogP contribution in [0.3, 0.4) is 0 Å². The van der Waals surface area contributed by atoms with Crippen LogP contribution in [0.25, 0.3) is 34.0 Å². The molecule has 4 aromatic carbocycles. The molecule has 0 amide bonds. The summed E-state index contributed by atoms with van der Waals surface area (Å²) >= 11 is 6.58. The van der Waals surface area contributed by atoms with E-state index in [2.05, 4.69) is 27.2 Å². The van der Waals surface area contributed by atoms with Gasteiger partial charge >= 0.3 is 5.97 Å². The van der Waals surface area contributed by atoms with E-state index in [0.717, 1.165) is 53.0 Å². The van der Waals surface area contributed by atoms with Crippen molar-refractivity contribution in [3.05, 3.63) is 119 Å². The Balaban J connectivity index is 0.000000775. The van der Waals surface area contributed by atoms with Gasteiger partial charge in [-0.2, -0.15) is 4.98 Å². The molecule has 5 aromatic rings. The topological polar surface area (TPSA) is 105 Å². The van der Waals surface area contributed by atoms with E-state index in [-0.39, 0.29) is 5.54 Å². The first kappa shape index (κ1) is 33.1. The van der Waals surface area contributed by atoms with Gasteiger partial charge in [0.15, 0.2) is 0 Å². The Morgan fingerprint density at radius 2 is 1.46 bits per heavy atom. The first-order chi connectivity index (χ1) is 22.0. The minimum Gasteiger partial charge on any atom is -0.481 e. The number of carbonyl (C=O) groups is 1. The fraction of sp³-hybridized carbons (Fsp3) is 0.289. The largest absolute Gasteiger partial charge is 0.481 e. The van der Waals surface area contributed by atoms with Gasteiger partial charge in [-0.25, -0.2) is 0 Å². The number of hydrogen-bond donors (Lipinski definition) is 2. The van der Waals surface area contributed by atoms with Gasteiger partial charge in [-0.05, 0) is 81.9 Å². The lowest BCUT2D eigenvalue weighted by Crippen LogP contribution is -2.45. The number of nitrogens with two attached hydrogens (primary N) is 1. The van der Waals surface area contributed by atoms with Crippen LogP contribution in [0.1, 0.15) is 44.7 Å². The quantitative estimate of drug-likeness (QED) is 0.176. The number of carboxylic acid groups (broad SMARTS) is 1. The monoisotopic (exact) mass is 636 g/mol. The van der Waals surface area contributed by atoms with Gasteiger partial charge < -0.3 is 15.4 Å². The minimum atomic E-state index is -0.704. The molecule has 1 aromatic heterocycles. The van der Waals surface area contributed by atoms with Crippen molar-refractivity contribution in [2.75, 3.05) is 13.1 Å². The number of hydrogen-bond acceptors (Lipinski definition) is 6. The average molecular weight is 637 g/mol. The zero-order valence-corrected chi connectivity index (χ0v) is 27.4. The Labute approximate surface area is 276 Å². The Bertz CT molecular complexity index is 1720. The van der Waals surface area contributed by atoms with E-state index in [4.69, 9.17) is 21.9 Å². The second kappa shape index (κ2) is 14.4. The number of nitrogens with zero attached hydrogens (tertiary/aromatic N) is 3. The summed E-state index contributed by atoms with van der Waals surface area (Å²) in [5.41, 5.74) is 10.5. The summed E-state index contributed by atoms with van der Waals surface area (Å²) in [5.74, 6) is 0.232. The second-order valence-electron chi connectivity index (χ2n) is 13.1. The Hall–Kier alpha value is -4.30. The number of aliphatic carboxylic acids is 1. The molecule has 1 saturated heterocycles. The van der Waals surface area contributed by atoms with Gasteiger partial charge in [-0.3, -0.25) is 9.69 Å². The number of aromatic nitrogens is 2. The summed E-state index contributed by atoms with van der Waals surface area (Å²) in [7, 11) is 0. The predicted molar refractivity (Wildman–Crippen MR) is 184 cm³/mol. The first-order valence-electron chi connectivity index (χ1n) is 15.6. The number of rotatable bonds is 8. The zero-order valence-electron chi connectivity index (χ0n) is 26.6. The van der Waals surface area contributed by atoms with Crippen molar-refractivity contribution in [1.29, 1.82) is 0 Å². The summed E-state index contributed by atoms with van der Waals surface area (Å²) < 4.78 is 5.56. The van der Waals surface area contributed by atoms with Gasteiger partial charge in [0.25, 0.3) is 5.89 Å². The number of carboxylic acids is 1. The molecule has 8 heteroatoms. The highest BCUT2D eigenvalue weighted by Crippen LogP contribution is 2.36. The Morgan fingerprint density at radius 1 is 0.870 bits per heavy atom. The summed E-state index contributed by atoms with van der Waals surface area (Å²) in [6.07, 6.45) is 1.84. The number of halogens is 1. The van der Waals surface area contributed by atoms with Gasteiger partial charge in [-0.1, -0.05) is 108 Å². The van der Waals surface area contributed by atoms with Crippen LogP contribution < -0.4 is 5.73 Å². The maximum Gasteiger partial charge on any atom is 0.310 e. The standard InChI is InChI=1S/C34H30ClN3O3.C4H11N/c35-30-21-28(15-16-29(30)26-9-5-2-6-10-26)32-36-31(37-41-32)27-13-11-25(12-14-27)23-38-19-17-34(18-20-38,33(39)40)22-24-7-3-1-4-8-24;1-4(2,3)5/h1-16,21H,17-20,22-23H2,(H,39,40);5H2,1-3H3. The first-order valence-corrected chi connectivity index (χ1v) is 15.9. The van der Waals surface area contributed by atoms with Crippen LogP contribution in [-0.4, -0.2) is 44.7 Å². The molecular formula is C38H41ClN4O3. The fourth-order valence-corrected chi connectivity index (χ4v) is 5.86.